The second kappa shape index (κ2) is 4.96. The highest BCUT2D eigenvalue weighted by atomic mass is 79.9. The minimum Gasteiger partial charge on any atom is -0.454 e. The van der Waals surface area contributed by atoms with E-state index in [1.807, 2.05) is 13.0 Å². The van der Waals surface area contributed by atoms with Crippen molar-refractivity contribution in [3.8, 4) is 11.5 Å². The molecule has 3 N–H and O–H groups in total. The van der Waals surface area contributed by atoms with Gasteiger partial charge in [-0.2, -0.15) is 0 Å². The summed E-state index contributed by atoms with van der Waals surface area (Å²) in [5.41, 5.74) is 8.04. The van der Waals surface area contributed by atoms with Crippen molar-refractivity contribution in [2.75, 3.05) is 12.5 Å². The Labute approximate surface area is 124 Å². The molecule has 1 aromatic heterocycles. The summed E-state index contributed by atoms with van der Waals surface area (Å²) < 4.78 is 11.4. The van der Waals surface area contributed by atoms with E-state index in [9.17, 15) is 5.11 Å². The molecule has 20 heavy (non-hydrogen) atoms. The summed E-state index contributed by atoms with van der Waals surface area (Å²) in [4.78, 5) is 4.03. The van der Waals surface area contributed by atoms with E-state index >= 15 is 0 Å². The van der Waals surface area contributed by atoms with E-state index < -0.39 is 6.10 Å². The highest BCUT2D eigenvalue weighted by molar-refractivity contribution is 9.10. The van der Waals surface area contributed by atoms with Crippen LogP contribution >= 0.6 is 15.9 Å². The Morgan fingerprint density at radius 1 is 1.40 bits per heavy atom. The van der Waals surface area contributed by atoms with Crippen molar-refractivity contribution in [1.82, 2.24) is 4.98 Å². The smallest absolute Gasteiger partial charge is 0.231 e. The van der Waals surface area contributed by atoms with Crippen LogP contribution in [0.2, 0.25) is 0 Å². The number of halogens is 1. The van der Waals surface area contributed by atoms with Crippen LogP contribution in [0.3, 0.4) is 0 Å². The van der Waals surface area contributed by atoms with E-state index in [1.165, 1.54) is 0 Å². The van der Waals surface area contributed by atoms with Crippen LogP contribution in [0, 0.1) is 6.92 Å². The number of ether oxygens (including phenoxy) is 2. The molecule has 1 aliphatic heterocycles. The number of aliphatic hydroxyl groups is 1. The highest BCUT2D eigenvalue weighted by Crippen LogP contribution is 2.42. The van der Waals surface area contributed by atoms with Gasteiger partial charge in [0.2, 0.25) is 6.79 Å². The van der Waals surface area contributed by atoms with Gasteiger partial charge in [-0.25, -0.2) is 4.98 Å². The molecule has 2 heterocycles. The zero-order valence-electron chi connectivity index (χ0n) is 10.8. The number of aliphatic hydroxyl groups excluding tert-OH is 1. The first-order valence-electron chi connectivity index (χ1n) is 6.06. The van der Waals surface area contributed by atoms with Gasteiger partial charge in [0.25, 0.3) is 0 Å². The molecule has 3 rings (SSSR count). The zero-order valence-corrected chi connectivity index (χ0v) is 12.3. The summed E-state index contributed by atoms with van der Waals surface area (Å²) in [5.74, 6) is 1.58. The van der Waals surface area contributed by atoms with E-state index in [0.29, 0.717) is 28.4 Å². The first-order valence-corrected chi connectivity index (χ1v) is 6.85. The predicted molar refractivity (Wildman–Crippen MR) is 77.7 cm³/mol. The molecule has 1 atom stereocenters. The fourth-order valence-corrected chi connectivity index (χ4v) is 2.83. The summed E-state index contributed by atoms with van der Waals surface area (Å²) in [5, 5.41) is 10.6. The predicted octanol–water partition coefficient (Wildman–Crippen LogP) is 2.55. The Balaban J connectivity index is 2.07. The molecule has 1 aliphatic rings. The third-order valence-corrected chi connectivity index (χ3v) is 3.87. The normalized spacial score (nSPS) is 14.3. The van der Waals surface area contributed by atoms with Crippen molar-refractivity contribution in [3.63, 3.8) is 0 Å². The number of aryl methyl sites for hydroxylation is 1. The molecule has 1 unspecified atom stereocenters. The molecule has 6 heteroatoms. The molecular weight excluding hydrogens is 324 g/mol. The standard InChI is InChI=1S/C14H13BrN2O3/c1-7-2-3-17-14(16)11(7)12(18)8-4-9(15)13-10(5-8)19-6-20-13/h2-5,12,18H,6H2,1H3,(H2,16,17). The van der Waals surface area contributed by atoms with E-state index in [4.69, 9.17) is 15.2 Å². The zero-order chi connectivity index (χ0) is 14.3. The fraction of sp³-hybridized carbons (Fsp3) is 0.214. The third-order valence-electron chi connectivity index (χ3n) is 3.28. The lowest BCUT2D eigenvalue weighted by Crippen LogP contribution is -2.07. The first kappa shape index (κ1) is 13.2. The van der Waals surface area contributed by atoms with Crippen LogP contribution in [-0.4, -0.2) is 16.9 Å². The largest absolute Gasteiger partial charge is 0.454 e. The number of benzene rings is 1. The molecule has 0 spiro atoms. The molecule has 2 aromatic rings. The Morgan fingerprint density at radius 2 is 2.20 bits per heavy atom. The molecule has 5 nitrogen and oxygen atoms in total. The van der Waals surface area contributed by atoms with Gasteiger partial charge in [0.05, 0.1) is 4.47 Å². The van der Waals surface area contributed by atoms with E-state index in [0.717, 1.165) is 10.0 Å². The topological polar surface area (TPSA) is 77.6 Å². The summed E-state index contributed by atoms with van der Waals surface area (Å²) >= 11 is 3.41. The first-order chi connectivity index (χ1) is 9.58. The Morgan fingerprint density at radius 3 is 2.95 bits per heavy atom. The van der Waals surface area contributed by atoms with Gasteiger partial charge in [-0.05, 0) is 52.2 Å². The number of nitrogens with zero attached hydrogens (tertiary/aromatic N) is 1. The van der Waals surface area contributed by atoms with Gasteiger partial charge in [-0.15, -0.1) is 0 Å². The summed E-state index contributed by atoms with van der Waals surface area (Å²) in [6, 6.07) is 5.37. The summed E-state index contributed by atoms with van der Waals surface area (Å²) in [7, 11) is 0. The molecule has 1 aromatic carbocycles. The maximum Gasteiger partial charge on any atom is 0.231 e. The lowest BCUT2D eigenvalue weighted by Gasteiger charge is -2.16. The number of fused-ring (bicyclic) bond motifs is 1. The van der Waals surface area contributed by atoms with E-state index in [2.05, 4.69) is 20.9 Å². The maximum atomic E-state index is 10.6. The number of nitrogens with two attached hydrogens (primary N) is 1. The van der Waals surface area contributed by atoms with Gasteiger partial charge < -0.3 is 20.3 Å². The minimum atomic E-state index is -0.866. The van der Waals surface area contributed by atoms with Gasteiger partial charge in [-0.1, -0.05) is 0 Å². The Kier molecular flexibility index (Phi) is 3.27. The monoisotopic (exact) mass is 336 g/mol. The van der Waals surface area contributed by atoms with Gasteiger partial charge in [0.15, 0.2) is 11.5 Å². The number of hydrogen-bond acceptors (Lipinski definition) is 5. The van der Waals surface area contributed by atoms with Crippen molar-refractivity contribution in [1.29, 1.82) is 0 Å². The number of hydrogen-bond donors (Lipinski definition) is 2. The van der Waals surface area contributed by atoms with Crippen LogP contribution in [0.1, 0.15) is 22.8 Å². The quantitative estimate of drug-likeness (QED) is 0.881. The molecule has 0 saturated carbocycles. The Hall–Kier alpha value is -1.79. The van der Waals surface area contributed by atoms with Crippen LogP contribution in [0.15, 0.2) is 28.9 Å². The van der Waals surface area contributed by atoms with Crippen molar-refractivity contribution >= 4 is 21.7 Å². The molecule has 0 fully saturated rings. The van der Waals surface area contributed by atoms with Gasteiger partial charge in [0.1, 0.15) is 11.9 Å². The van der Waals surface area contributed by atoms with Crippen LogP contribution in [0.5, 0.6) is 11.5 Å². The van der Waals surface area contributed by atoms with E-state index in [1.54, 1.807) is 18.3 Å². The van der Waals surface area contributed by atoms with Crippen molar-refractivity contribution in [2.45, 2.75) is 13.0 Å². The molecular formula is C14H13BrN2O3. The van der Waals surface area contributed by atoms with Crippen LogP contribution in [0.25, 0.3) is 0 Å². The minimum absolute atomic E-state index is 0.182. The molecule has 104 valence electrons. The number of nitrogen functional groups attached to an aromatic ring is 1. The highest BCUT2D eigenvalue weighted by Gasteiger charge is 2.23. The van der Waals surface area contributed by atoms with Crippen LogP contribution in [0.4, 0.5) is 5.82 Å². The second-order valence-corrected chi connectivity index (χ2v) is 5.42. The molecule has 0 saturated heterocycles. The van der Waals surface area contributed by atoms with Gasteiger partial charge in [-0.3, -0.25) is 0 Å². The molecule has 0 radical (unpaired) electrons. The fourth-order valence-electron chi connectivity index (χ4n) is 2.26. The van der Waals surface area contributed by atoms with Crippen molar-refractivity contribution in [2.24, 2.45) is 0 Å². The lowest BCUT2D eigenvalue weighted by atomic mass is 9.98. The molecule has 0 amide bonds. The van der Waals surface area contributed by atoms with Crippen molar-refractivity contribution < 1.29 is 14.6 Å². The average molecular weight is 337 g/mol. The SMILES string of the molecule is Cc1ccnc(N)c1C(O)c1cc(Br)c2c(c1)OCO2. The third kappa shape index (κ3) is 2.10. The average Bonchev–Trinajstić information content (AvgIpc) is 2.87. The van der Waals surface area contributed by atoms with E-state index in [-0.39, 0.29) is 6.79 Å². The molecule has 0 aliphatic carbocycles. The number of anilines is 1. The number of aromatic nitrogens is 1. The second-order valence-electron chi connectivity index (χ2n) is 4.57. The maximum absolute atomic E-state index is 10.6. The number of pyridine rings is 1. The number of rotatable bonds is 2. The van der Waals surface area contributed by atoms with Crippen molar-refractivity contribution in [3.05, 3.63) is 45.6 Å². The Bertz CT molecular complexity index is 655. The van der Waals surface area contributed by atoms with Crippen LogP contribution < -0.4 is 15.2 Å². The van der Waals surface area contributed by atoms with Crippen LogP contribution in [-0.2, 0) is 0 Å². The summed E-state index contributed by atoms with van der Waals surface area (Å²) in [6.07, 6.45) is 0.755. The molecule has 0 bridgehead atoms. The lowest BCUT2D eigenvalue weighted by molar-refractivity contribution is 0.173. The van der Waals surface area contributed by atoms with Gasteiger partial charge >= 0.3 is 0 Å². The summed E-state index contributed by atoms with van der Waals surface area (Å²) in [6.45, 7) is 2.07. The van der Waals surface area contributed by atoms with Gasteiger partial charge in [0, 0.05) is 11.8 Å².